The Balaban J connectivity index is 2.11. The van der Waals surface area contributed by atoms with Crippen LogP contribution in [0, 0.1) is 36.9 Å². The van der Waals surface area contributed by atoms with Gasteiger partial charge in [-0.15, -0.1) is 0 Å². The molecule has 1 aliphatic carbocycles. The highest BCUT2D eigenvalue weighted by Crippen LogP contribution is 2.43. The molecule has 2 rings (SSSR count). The molecule has 0 aliphatic heterocycles. The molecule has 21 heavy (non-hydrogen) atoms. The summed E-state index contributed by atoms with van der Waals surface area (Å²) in [7, 11) is 0. The Labute approximate surface area is 129 Å². The van der Waals surface area contributed by atoms with Crippen LogP contribution in [0.5, 0.6) is 0 Å². The van der Waals surface area contributed by atoms with Crippen LogP contribution in [-0.4, -0.2) is 0 Å². The van der Waals surface area contributed by atoms with Crippen LogP contribution in [0.3, 0.4) is 0 Å². The van der Waals surface area contributed by atoms with Crippen LogP contribution >= 0.6 is 0 Å². The zero-order chi connectivity index (χ0) is 15.8. The van der Waals surface area contributed by atoms with Crippen molar-refractivity contribution in [2.45, 2.75) is 66.3 Å². The van der Waals surface area contributed by atoms with Crippen molar-refractivity contribution in [3.8, 4) is 0 Å². The third-order valence-electron chi connectivity index (χ3n) is 5.32. The van der Waals surface area contributed by atoms with Gasteiger partial charge >= 0.3 is 0 Å². The van der Waals surface area contributed by atoms with Crippen LogP contribution in [0.4, 0.5) is 4.39 Å². The van der Waals surface area contributed by atoms with E-state index in [1.807, 2.05) is 19.9 Å². The third kappa shape index (κ3) is 3.66. The highest BCUT2D eigenvalue weighted by atomic mass is 19.1. The molecule has 1 saturated carbocycles. The normalized spacial score (nSPS) is 24.9. The highest BCUT2D eigenvalue weighted by molar-refractivity contribution is 5.34. The minimum absolute atomic E-state index is 0.127. The minimum Gasteiger partial charge on any atom is -0.324 e. The van der Waals surface area contributed by atoms with Crippen LogP contribution in [0.15, 0.2) is 12.1 Å². The van der Waals surface area contributed by atoms with Crippen LogP contribution in [0.25, 0.3) is 0 Å². The zero-order valence-corrected chi connectivity index (χ0v) is 14.2. The van der Waals surface area contributed by atoms with E-state index >= 15 is 0 Å². The first-order valence-electron chi connectivity index (χ1n) is 8.22. The van der Waals surface area contributed by atoms with E-state index in [1.165, 1.54) is 12.8 Å². The van der Waals surface area contributed by atoms with Gasteiger partial charge in [-0.25, -0.2) is 4.39 Å². The van der Waals surface area contributed by atoms with E-state index in [-0.39, 0.29) is 11.9 Å². The molecule has 2 heteroatoms. The fourth-order valence-electron chi connectivity index (χ4n) is 3.93. The second-order valence-corrected chi connectivity index (χ2v) is 7.98. The second kappa shape index (κ2) is 6.08. The van der Waals surface area contributed by atoms with Gasteiger partial charge in [0.2, 0.25) is 0 Å². The molecule has 0 amide bonds. The Hall–Kier alpha value is -0.890. The second-order valence-electron chi connectivity index (χ2n) is 7.98. The standard InChI is InChI=1S/C19H30FN/c1-12-10-13(2)17(16(20)11-12)18(21)14-6-8-15(9-7-14)19(3,4)5/h10-11,14-15,18H,6-9,21H2,1-5H3. The number of hydrogen-bond acceptors (Lipinski definition) is 1. The van der Waals surface area contributed by atoms with Crippen molar-refractivity contribution in [3.63, 3.8) is 0 Å². The monoisotopic (exact) mass is 291 g/mol. The van der Waals surface area contributed by atoms with Crippen LogP contribution in [0.2, 0.25) is 0 Å². The summed E-state index contributed by atoms with van der Waals surface area (Å²) in [5, 5.41) is 0. The maximum Gasteiger partial charge on any atom is 0.128 e. The summed E-state index contributed by atoms with van der Waals surface area (Å²) in [4.78, 5) is 0. The summed E-state index contributed by atoms with van der Waals surface area (Å²) in [5.41, 5.74) is 9.51. The van der Waals surface area contributed by atoms with Gasteiger partial charge in [-0.1, -0.05) is 26.8 Å². The van der Waals surface area contributed by atoms with Crippen molar-refractivity contribution in [2.24, 2.45) is 23.0 Å². The molecule has 1 aromatic rings. The van der Waals surface area contributed by atoms with Crippen molar-refractivity contribution in [1.29, 1.82) is 0 Å². The van der Waals surface area contributed by atoms with Gasteiger partial charge in [0.15, 0.2) is 0 Å². The first kappa shape index (κ1) is 16.5. The average Bonchev–Trinajstić information content (AvgIpc) is 2.36. The number of halogens is 1. The van der Waals surface area contributed by atoms with Crippen LogP contribution < -0.4 is 5.73 Å². The number of hydrogen-bond donors (Lipinski definition) is 1. The lowest BCUT2D eigenvalue weighted by Gasteiger charge is -2.39. The van der Waals surface area contributed by atoms with Gasteiger partial charge in [0.25, 0.3) is 0 Å². The average molecular weight is 291 g/mol. The lowest BCUT2D eigenvalue weighted by atomic mass is 9.68. The molecule has 2 N–H and O–H groups in total. The van der Waals surface area contributed by atoms with Crippen molar-refractivity contribution in [3.05, 3.63) is 34.6 Å². The maximum atomic E-state index is 14.3. The molecular weight excluding hydrogens is 261 g/mol. The fourth-order valence-corrected chi connectivity index (χ4v) is 3.93. The van der Waals surface area contributed by atoms with Gasteiger partial charge in [0, 0.05) is 11.6 Å². The minimum atomic E-state index is -0.161. The van der Waals surface area contributed by atoms with E-state index in [4.69, 9.17) is 5.73 Å². The smallest absolute Gasteiger partial charge is 0.128 e. The fraction of sp³-hybridized carbons (Fsp3) is 0.684. The molecule has 0 bridgehead atoms. The maximum absolute atomic E-state index is 14.3. The summed E-state index contributed by atoms with van der Waals surface area (Å²) in [5.74, 6) is 1.06. The number of aryl methyl sites for hydroxylation is 2. The topological polar surface area (TPSA) is 26.0 Å². The lowest BCUT2D eigenvalue weighted by molar-refractivity contribution is 0.139. The molecule has 0 spiro atoms. The zero-order valence-electron chi connectivity index (χ0n) is 14.2. The van der Waals surface area contributed by atoms with Crippen molar-refractivity contribution in [2.75, 3.05) is 0 Å². The first-order chi connectivity index (χ1) is 9.70. The van der Waals surface area contributed by atoms with E-state index in [1.54, 1.807) is 6.07 Å². The van der Waals surface area contributed by atoms with Gasteiger partial charge in [-0.2, -0.15) is 0 Å². The molecule has 0 heterocycles. The summed E-state index contributed by atoms with van der Waals surface area (Å²) < 4.78 is 14.3. The number of rotatable bonds is 2. The highest BCUT2D eigenvalue weighted by Gasteiger charge is 2.33. The Bertz CT molecular complexity index is 470. The van der Waals surface area contributed by atoms with Gasteiger partial charge in [-0.05, 0) is 74.0 Å². The lowest BCUT2D eigenvalue weighted by Crippen LogP contribution is -2.31. The van der Waals surface area contributed by atoms with E-state index in [0.717, 1.165) is 35.4 Å². The molecule has 118 valence electrons. The molecule has 1 unspecified atom stereocenters. The van der Waals surface area contributed by atoms with E-state index in [2.05, 4.69) is 20.8 Å². The van der Waals surface area contributed by atoms with Gasteiger partial charge in [0.05, 0.1) is 0 Å². The quantitative estimate of drug-likeness (QED) is 0.786. The number of benzene rings is 1. The van der Waals surface area contributed by atoms with E-state index < -0.39 is 0 Å². The third-order valence-corrected chi connectivity index (χ3v) is 5.32. The van der Waals surface area contributed by atoms with Gasteiger partial charge in [0.1, 0.15) is 5.82 Å². The molecule has 1 aromatic carbocycles. The Morgan fingerprint density at radius 3 is 2.14 bits per heavy atom. The largest absolute Gasteiger partial charge is 0.324 e. The Kier molecular flexibility index (Phi) is 4.77. The summed E-state index contributed by atoms with van der Waals surface area (Å²) in [6.07, 6.45) is 4.68. The number of nitrogens with two attached hydrogens (primary N) is 1. The summed E-state index contributed by atoms with van der Waals surface area (Å²) in [6.45, 7) is 10.9. The summed E-state index contributed by atoms with van der Waals surface area (Å²) in [6, 6.07) is 3.49. The first-order valence-corrected chi connectivity index (χ1v) is 8.22. The van der Waals surface area contributed by atoms with Crippen LogP contribution in [-0.2, 0) is 0 Å². The van der Waals surface area contributed by atoms with E-state index in [0.29, 0.717) is 11.3 Å². The van der Waals surface area contributed by atoms with E-state index in [9.17, 15) is 4.39 Å². The predicted octanol–water partition coefficient (Wildman–Crippen LogP) is 5.29. The predicted molar refractivity (Wildman–Crippen MR) is 87.7 cm³/mol. The molecule has 0 radical (unpaired) electrons. The SMILES string of the molecule is Cc1cc(C)c(C(N)C2CCC(C(C)(C)C)CC2)c(F)c1. The molecule has 1 atom stereocenters. The molecule has 0 aromatic heterocycles. The Morgan fingerprint density at radius 2 is 1.67 bits per heavy atom. The summed E-state index contributed by atoms with van der Waals surface area (Å²) >= 11 is 0. The molecule has 1 aliphatic rings. The van der Waals surface area contributed by atoms with Crippen molar-refractivity contribution in [1.82, 2.24) is 0 Å². The molecule has 0 saturated heterocycles. The van der Waals surface area contributed by atoms with Crippen molar-refractivity contribution < 1.29 is 4.39 Å². The molecule has 1 fully saturated rings. The van der Waals surface area contributed by atoms with Crippen molar-refractivity contribution >= 4 is 0 Å². The van der Waals surface area contributed by atoms with Gasteiger partial charge < -0.3 is 5.73 Å². The molecular formula is C19H30FN. The molecule has 1 nitrogen and oxygen atoms in total. The van der Waals surface area contributed by atoms with Crippen LogP contribution in [0.1, 0.15) is 69.2 Å². The van der Waals surface area contributed by atoms with Gasteiger partial charge in [-0.3, -0.25) is 0 Å². The Morgan fingerprint density at radius 1 is 1.10 bits per heavy atom.